The Balaban J connectivity index is 1.70. The van der Waals surface area contributed by atoms with Gasteiger partial charge in [0.15, 0.2) is 4.88 Å². The lowest BCUT2D eigenvalue weighted by Gasteiger charge is -2.16. The van der Waals surface area contributed by atoms with Crippen LogP contribution >= 0.6 is 22.9 Å². The number of ether oxygens (including phenoxy) is 3. The summed E-state index contributed by atoms with van der Waals surface area (Å²) >= 11 is 7.52. The zero-order chi connectivity index (χ0) is 25.8. The highest BCUT2D eigenvalue weighted by Gasteiger charge is 2.25. The molecule has 36 heavy (non-hydrogen) atoms. The van der Waals surface area contributed by atoms with Crippen LogP contribution in [-0.2, 0) is 27.5 Å². The number of pyridine rings is 1. The Labute approximate surface area is 216 Å². The number of aromatic nitrogens is 3. The molecule has 9 nitrogen and oxygen atoms in total. The van der Waals surface area contributed by atoms with Crippen LogP contribution < -0.4 is 4.74 Å². The van der Waals surface area contributed by atoms with Crippen molar-refractivity contribution in [1.29, 1.82) is 0 Å². The number of benzene rings is 1. The maximum Gasteiger partial charge on any atom is 0.354 e. The molecule has 0 aliphatic heterocycles. The molecule has 188 valence electrons. The number of carbonyl (C=O) groups is 2. The van der Waals surface area contributed by atoms with Gasteiger partial charge >= 0.3 is 11.9 Å². The molecular weight excluding hydrogens is 506 g/mol. The molecule has 1 atom stereocenters. The molecule has 0 aliphatic rings. The van der Waals surface area contributed by atoms with Crippen molar-refractivity contribution in [3.05, 3.63) is 69.3 Å². The van der Waals surface area contributed by atoms with Gasteiger partial charge in [-0.2, -0.15) is 4.98 Å². The minimum absolute atomic E-state index is 0.120. The summed E-state index contributed by atoms with van der Waals surface area (Å²) < 4.78 is 18.2. The van der Waals surface area contributed by atoms with Crippen molar-refractivity contribution in [1.82, 2.24) is 14.4 Å². The number of fused-ring (bicyclic) bond motifs is 1. The average molecular weight is 530 g/mol. The first-order valence-corrected chi connectivity index (χ1v) is 12.3. The van der Waals surface area contributed by atoms with Crippen molar-refractivity contribution in [3.63, 3.8) is 0 Å². The number of halogens is 1. The Morgan fingerprint density at radius 3 is 2.67 bits per heavy atom. The number of esters is 2. The van der Waals surface area contributed by atoms with E-state index >= 15 is 0 Å². The summed E-state index contributed by atoms with van der Waals surface area (Å²) in [4.78, 5) is 33.2. The minimum Gasteiger partial charge on any atom is -0.468 e. The van der Waals surface area contributed by atoms with Crippen LogP contribution in [0.1, 0.15) is 53.2 Å². The molecule has 0 bridgehead atoms. The van der Waals surface area contributed by atoms with Crippen LogP contribution in [0.25, 0.3) is 16.3 Å². The van der Waals surface area contributed by atoms with Crippen LogP contribution in [0.3, 0.4) is 0 Å². The van der Waals surface area contributed by atoms with Crippen molar-refractivity contribution >= 4 is 40.5 Å². The first kappa shape index (κ1) is 25.6. The van der Waals surface area contributed by atoms with E-state index in [1.165, 1.54) is 6.92 Å². The zero-order valence-corrected chi connectivity index (χ0v) is 21.4. The maximum atomic E-state index is 12.7. The minimum atomic E-state index is -0.547. The van der Waals surface area contributed by atoms with E-state index in [-0.39, 0.29) is 36.5 Å². The second-order valence-electron chi connectivity index (χ2n) is 7.84. The summed E-state index contributed by atoms with van der Waals surface area (Å²) in [6.07, 6.45) is 2.92. The van der Waals surface area contributed by atoms with E-state index in [0.29, 0.717) is 32.5 Å². The smallest absolute Gasteiger partial charge is 0.354 e. The van der Waals surface area contributed by atoms with Crippen molar-refractivity contribution in [2.75, 3.05) is 6.61 Å². The number of hydrogen-bond donors (Lipinski definition) is 1. The number of hydrogen-bond acceptors (Lipinski definition) is 9. The van der Waals surface area contributed by atoms with Crippen molar-refractivity contribution in [2.45, 2.75) is 40.1 Å². The summed E-state index contributed by atoms with van der Waals surface area (Å²) in [7, 11) is 0. The van der Waals surface area contributed by atoms with Gasteiger partial charge in [0.1, 0.15) is 29.1 Å². The van der Waals surface area contributed by atoms with E-state index in [9.17, 15) is 14.7 Å². The van der Waals surface area contributed by atoms with Gasteiger partial charge in [-0.3, -0.25) is 9.20 Å². The third-order valence-electron chi connectivity index (χ3n) is 5.26. The molecule has 4 aromatic rings. The number of imidazole rings is 1. The molecule has 0 saturated heterocycles. The van der Waals surface area contributed by atoms with Crippen LogP contribution in [0.2, 0.25) is 5.02 Å². The van der Waals surface area contributed by atoms with Gasteiger partial charge in [-0.1, -0.05) is 29.8 Å². The molecule has 4 rings (SSSR count). The number of thiazole rings is 1. The Morgan fingerprint density at radius 2 is 1.97 bits per heavy atom. The normalized spacial score (nSPS) is 11.9. The van der Waals surface area contributed by atoms with E-state index in [1.54, 1.807) is 50.5 Å². The third kappa shape index (κ3) is 5.51. The Kier molecular flexibility index (Phi) is 7.88. The second-order valence-corrected chi connectivity index (χ2v) is 9.24. The summed E-state index contributed by atoms with van der Waals surface area (Å²) in [6, 6.07) is 8.82. The molecule has 0 aliphatic carbocycles. The fourth-order valence-electron chi connectivity index (χ4n) is 3.50. The average Bonchev–Trinajstić information content (AvgIpc) is 3.46. The highest BCUT2D eigenvalue weighted by atomic mass is 35.5. The predicted molar refractivity (Wildman–Crippen MR) is 134 cm³/mol. The highest BCUT2D eigenvalue weighted by Crippen LogP contribution is 2.37. The molecule has 0 unspecified atom stereocenters. The van der Waals surface area contributed by atoms with E-state index in [4.69, 9.17) is 25.8 Å². The van der Waals surface area contributed by atoms with Crippen LogP contribution in [0.15, 0.2) is 42.7 Å². The molecule has 0 radical (unpaired) electrons. The fraction of sp³-hybridized carbons (Fsp3) is 0.280. The third-order valence-corrected chi connectivity index (χ3v) is 6.63. The molecule has 0 fully saturated rings. The molecular formula is C25H24ClN3O6S. The lowest BCUT2D eigenvalue weighted by Crippen LogP contribution is -2.09. The number of carbonyl (C=O) groups excluding carboxylic acids is 2. The highest BCUT2D eigenvalue weighted by molar-refractivity contribution is 7.17. The fourth-order valence-corrected chi connectivity index (χ4v) is 4.76. The molecule has 3 heterocycles. The van der Waals surface area contributed by atoms with Crippen molar-refractivity contribution in [2.24, 2.45) is 0 Å². The number of rotatable bonds is 9. The quantitative estimate of drug-likeness (QED) is 0.302. The number of aliphatic hydroxyl groups excluding tert-OH is 1. The standard InChI is InChI=1S/C25H24ClN3O6S/c1-4-33-25(32)22-23(35-14(2)18-7-5-16(12-30)9-19(18)26)28-24(36-22)20-10-27-21-8-6-17(11-29(20)21)13-34-15(3)31/h5-11,14,30H,4,12-13H2,1-3H3/t14-/m1/s1. The van der Waals surface area contributed by atoms with Gasteiger partial charge in [-0.05, 0) is 31.5 Å². The van der Waals surface area contributed by atoms with Crippen LogP contribution in [0.5, 0.6) is 5.88 Å². The molecule has 1 aromatic carbocycles. The molecule has 11 heteroatoms. The topological polar surface area (TPSA) is 112 Å². The van der Waals surface area contributed by atoms with Crippen molar-refractivity contribution < 1.29 is 28.9 Å². The first-order chi connectivity index (χ1) is 17.3. The summed E-state index contributed by atoms with van der Waals surface area (Å²) in [5.41, 5.74) is 3.43. The van der Waals surface area contributed by atoms with Crippen LogP contribution in [-0.4, -0.2) is 38.0 Å². The Morgan fingerprint density at radius 1 is 1.19 bits per heavy atom. The van der Waals surface area contributed by atoms with Gasteiger partial charge in [-0.25, -0.2) is 9.78 Å². The molecule has 0 spiro atoms. The SMILES string of the molecule is CCOC(=O)c1sc(-c2cnc3ccc(COC(C)=O)cn23)nc1O[C@H](C)c1ccc(CO)cc1Cl. The summed E-state index contributed by atoms with van der Waals surface area (Å²) in [6.45, 7) is 5.06. The summed E-state index contributed by atoms with van der Waals surface area (Å²) in [5.74, 6) is -0.800. The molecule has 1 N–H and O–H groups in total. The largest absolute Gasteiger partial charge is 0.468 e. The zero-order valence-electron chi connectivity index (χ0n) is 19.9. The number of nitrogens with zero attached hydrogens (tertiary/aromatic N) is 3. The van der Waals surface area contributed by atoms with Crippen LogP contribution in [0.4, 0.5) is 0 Å². The maximum absolute atomic E-state index is 12.7. The van der Waals surface area contributed by atoms with Gasteiger partial charge in [0.05, 0.1) is 19.4 Å². The van der Waals surface area contributed by atoms with E-state index in [2.05, 4.69) is 9.97 Å². The van der Waals surface area contributed by atoms with E-state index in [1.807, 2.05) is 10.5 Å². The molecule has 3 aromatic heterocycles. The lowest BCUT2D eigenvalue weighted by atomic mass is 10.1. The van der Waals surface area contributed by atoms with Gasteiger partial charge in [0.25, 0.3) is 0 Å². The monoisotopic (exact) mass is 529 g/mol. The first-order valence-electron chi connectivity index (χ1n) is 11.1. The van der Waals surface area contributed by atoms with Gasteiger partial charge in [-0.15, -0.1) is 11.3 Å². The van der Waals surface area contributed by atoms with Gasteiger partial charge in [0, 0.05) is 29.3 Å². The second kappa shape index (κ2) is 11.1. The predicted octanol–water partition coefficient (Wildman–Crippen LogP) is 4.98. The summed E-state index contributed by atoms with van der Waals surface area (Å²) in [5, 5.41) is 10.3. The lowest BCUT2D eigenvalue weighted by molar-refractivity contribution is -0.142. The van der Waals surface area contributed by atoms with Gasteiger partial charge in [0.2, 0.25) is 5.88 Å². The van der Waals surface area contributed by atoms with Crippen molar-refractivity contribution in [3.8, 4) is 16.6 Å². The Bertz CT molecular complexity index is 1420. The van der Waals surface area contributed by atoms with E-state index in [0.717, 1.165) is 16.9 Å². The molecule has 0 saturated carbocycles. The Hall–Kier alpha value is -3.47. The van der Waals surface area contributed by atoms with Crippen LogP contribution in [0, 0.1) is 0 Å². The number of aliphatic hydroxyl groups is 1. The van der Waals surface area contributed by atoms with E-state index < -0.39 is 12.1 Å². The molecule has 0 amide bonds. The van der Waals surface area contributed by atoms with Gasteiger partial charge < -0.3 is 19.3 Å².